The number of nitrogens with one attached hydrogen (secondary N) is 1. The molecule has 0 spiro atoms. The Hall–Kier alpha value is -0.840. The number of rotatable bonds is 4. The van der Waals surface area contributed by atoms with Gasteiger partial charge < -0.3 is 10.1 Å². The van der Waals surface area contributed by atoms with Crippen molar-refractivity contribution in [2.45, 2.75) is 13.0 Å². The molecule has 4 heteroatoms. The second kappa shape index (κ2) is 6.74. The normalized spacial score (nSPS) is 12.2. The summed E-state index contributed by atoms with van der Waals surface area (Å²) in [5.41, 5.74) is 3.71. The van der Waals surface area contributed by atoms with Crippen molar-refractivity contribution in [3.05, 3.63) is 62.0 Å². The molecule has 20 heavy (non-hydrogen) atoms. The van der Waals surface area contributed by atoms with Crippen LogP contribution in [0.15, 0.2) is 45.3 Å². The maximum Gasteiger partial charge on any atom is 0.133 e. The second-order valence-corrected chi connectivity index (χ2v) is 6.28. The lowest BCUT2D eigenvalue weighted by Gasteiger charge is -2.21. The highest BCUT2D eigenvalue weighted by atomic mass is 79.9. The van der Waals surface area contributed by atoms with Crippen LogP contribution in [-0.2, 0) is 0 Å². The summed E-state index contributed by atoms with van der Waals surface area (Å²) in [4.78, 5) is 0. The van der Waals surface area contributed by atoms with Gasteiger partial charge in [0.2, 0.25) is 0 Å². The summed E-state index contributed by atoms with van der Waals surface area (Å²) in [7, 11) is 3.65. The Morgan fingerprint density at radius 2 is 1.85 bits per heavy atom. The lowest BCUT2D eigenvalue weighted by Crippen LogP contribution is -2.18. The predicted octanol–water partition coefficient (Wildman–Crippen LogP) is 4.84. The fourth-order valence-electron chi connectivity index (χ4n) is 2.30. The van der Waals surface area contributed by atoms with Gasteiger partial charge in [-0.25, -0.2) is 0 Å². The molecule has 0 saturated heterocycles. The average molecular weight is 399 g/mol. The van der Waals surface area contributed by atoms with Gasteiger partial charge in [-0.05, 0) is 64.8 Å². The van der Waals surface area contributed by atoms with E-state index in [1.165, 1.54) is 16.7 Å². The van der Waals surface area contributed by atoms with Gasteiger partial charge in [0, 0.05) is 4.47 Å². The van der Waals surface area contributed by atoms with Crippen molar-refractivity contribution in [3.8, 4) is 5.75 Å². The van der Waals surface area contributed by atoms with Crippen molar-refractivity contribution in [1.82, 2.24) is 5.32 Å². The quantitative estimate of drug-likeness (QED) is 0.795. The number of hydrogen-bond acceptors (Lipinski definition) is 2. The van der Waals surface area contributed by atoms with E-state index in [0.29, 0.717) is 0 Å². The van der Waals surface area contributed by atoms with Crippen LogP contribution in [0.5, 0.6) is 5.75 Å². The van der Waals surface area contributed by atoms with Crippen LogP contribution in [0.2, 0.25) is 0 Å². The topological polar surface area (TPSA) is 21.3 Å². The maximum absolute atomic E-state index is 5.29. The molecule has 1 atom stereocenters. The van der Waals surface area contributed by atoms with Gasteiger partial charge in [-0.15, -0.1) is 0 Å². The zero-order valence-corrected chi connectivity index (χ0v) is 14.9. The third-order valence-corrected chi connectivity index (χ3v) is 4.90. The molecule has 0 aliphatic rings. The summed E-state index contributed by atoms with van der Waals surface area (Å²) in [5.74, 6) is 0.842. The summed E-state index contributed by atoms with van der Waals surface area (Å²) in [6.45, 7) is 2.13. The molecule has 0 aromatic heterocycles. The Morgan fingerprint density at radius 1 is 1.10 bits per heavy atom. The molecule has 1 N–H and O–H groups in total. The van der Waals surface area contributed by atoms with Crippen LogP contribution < -0.4 is 10.1 Å². The summed E-state index contributed by atoms with van der Waals surface area (Å²) in [5, 5.41) is 3.38. The van der Waals surface area contributed by atoms with E-state index >= 15 is 0 Å². The van der Waals surface area contributed by atoms with Gasteiger partial charge in [-0.2, -0.15) is 0 Å². The maximum atomic E-state index is 5.29. The molecule has 2 aromatic carbocycles. The zero-order chi connectivity index (χ0) is 14.7. The Balaban J connectivity index is 2.47. The molecule has 0 amide bonds. The van der Waals surface area contributed by atoms with E-state index in [1.807, 2.05) is 13.1 Å². The van der Waals surface area contributed by atoms with E-state index < -0.39 is 0 Å². The van der Waals surface area contributed by atoms with Gasteiger partial charge >= 0.3 is 0 Å². The van der Waals surface area contributed by atoms with Crippen molar-refractivity contribution < 1.29 is 4.74 Å². The van der Waals surface area contributed by atoms with Crippen molar-refractivity contribution in [1.29, 1.82) is 0 Å². The van der Waals surface area contributed by atoms with Gasteiger partial charge in [0.15, 0.2) is 0 Å². The van der Waals surface area contributed by atoms with E-state index in [0.717, 1.165) is 14.7 Å². The monoisotopic (exact) mass is 397 g/mol. The van der Waals surface area contributed by atoms with Crippen molar-refractivity contribution >= 4 is 31.9 Å². The number of methoxy groups -OCH3 is 1. The molecule has 0 fully saturated rings. The van der Waals surface area contributed by atoms with Crippen molar-refractivity contribution in [3.63, 3.8) is 0 Å². The van der Waals surface area contributed by atoms with E-state index in [9.17, 15) is 0 Å². The average Bonchev–Trinajstić information content (AvgIpc) is 2.44. The van der Waals surface area contributed by atoms with E-state index in [4.69, 9.17) is 4.74 Å². The van der Waals surface area contributed by atoms with E-state index in [1.54, 1.807) is 7.11 Å². The van der Waals surface area contributed by atoms with Crippen LogP contribution in [0.3, 0.4) is 0 Å². The first-order valence-electron chi connectivity index (χ1n) is 6.34. The van der Waals surface area contributed by atoms with Crippen LogP contribution in [0.25, 0.3) is 0 Å². The molecule has 1 unspecified atom stereocenters. The second-order valence-electron chi connectivity index (χ2n) is 4.57. The molecule has 0 heterocycles. The summed E-state index contributed by atoms with van der Waals surface area (Å²) >= 11 is 7.14. The number of hydrogen-bond donors (Lipinski definition) is 1. The molecule has 0 aliphatic heterocycles. The minimum atomic E-state index is 0.148. The molecule has 2 aromatic rings. The molecule has 2 nitrogen and oxygen atoms in total. The van der Waals surface area contributed by atoms with Gasteiger partial charge in [0.1, 0.15) is 5.75 Å². The first kappa shape index (κ1) is 15.5. The Kier molecular flexibility index (Phi) is 5.24. The highest BCUT2D eigenvalue weighted by Crippen LogP contribution is 2.33. The molecule has 0 saturated carbocycles. The van der Waals surface area contributed by atoms with Gasteiger partial charge in [0.25, 0.3) is 0 Å². The molecular formula is C16H17Br2NO. The van der Waals surface area contributed by atoms with Crippen LogP contribution in [0, 0.1) is 6.92 Å². The number of ether oxygens (including phenoxy) is 1. The lowest BCUT2D eigenvalue weighted by molar-refractivity contribution is 0.412. The molecular weight excluding hydrogens is 382 g/mol. The SMILES string of the molecule is CNC(c1ccc(OC)c(Br)c1)c1cccc(Br)c1C. The van der Waals surface area contributed by atoms with Crippen LogP contribution in [-0.4, -0.2) is 14.2 Å². The van der Waals surface area contributed by atoms with Crippen LogP contribution in [0.1, 0.15) is 22.7 Å². The highest BCUT2D eigenvalue weighted by Gasteiger charge is 2.16. The Bertz CT molecular complexity index is 613. The molecule has 0 aliphatic carbocycles. The molecule has 0 bridgehead atoms. The van der Waals surface area contributed by atoms with Gasteiger partial charge in [-0.3, -0.25) is 0 Å². The van der Waals surface area contributed by atoms with E-state index in [-0.39, 0.29) is 6.04 Å². The van der Waals surface area contributed by atoms with Crippen molar-refractivity contribution in [2.75, 3.05) is 14.2 Å². The zero-order valence-electron chi connectivity index (χ0n) is 11.7. The third-order valence-electron chi connectivity index (χ3n) is 3.42. The van der Waals surface area contributed by atoms with Gasteiger partial charge in [-0.1, -0.05) is 34.1 Å². The first-order valence-corrected chi connectivity index (χ1v) is 7.92. The smallest absolute Gasteiger partial charge is 0.133 e. The standard InChI is InChI=1S/C16H17Br2NO/c1-10-12(5-4-6-13(10)17)16(19-2)11-7-8-15(20-3)14(18)9-11/h4-9,16,19H,1-3H3. The lowest BCUT2D eigenvalue weighted by atomic mass is 9.95. The fourth-order valence-corrected chi connectivity index (χ4v) is 3.24. The predicted molar refractivity (Wildman–Crippen MR) is 90.5 cm³/mol. The van der Waals surface area contributed by atoms with Gasteiger partial charge in [0.05, 0.1) is 17.6 Å². The minimum Gasteiger partial charge on any atom is -0.496 e. The summed E-state index contributed by atoms with van der Waals surface area (Å²) < 4.78 is 7.38. The third kappa shape index (κ3) is 3.08. The van der Waals surface area contributed by atoms with Crippen LogP contribution in [0.4, 0.5) is 0 Å². The Morgan fingerprint density at radius 3 is 2.45 bits per heavy atom. The highest BCUT2D eigenvalue weighted by molar-refractivity contribution is 9.10. The summed E-state index contributed by atoms with van der Waals surface area (Å²) in [6, 6.07) is 12.6. The fraction of sp³-hybridized carbons (Fsp3) is 0.250. The minimum absolute atomic E-state index is 0.148. The first-order chi connectivity index (χ1) is 9.58. The molecule has 0 radical (unpaired) electrons. The van der Waals surface area contributed by atoms with E-state index in [2.05, 4.69) is 74.4 Å². The van der Waals surface area contributed by atoms with Crippen molar-refractivity contribution in [2.24, 2.45) is 0 Å². The number of halogens is 2. The largest absolute Gasteiger partial charge is 0.496 e. The molecule has 106 valence electrons. The van der Waals surface area contributed by atoms with Crippen LogP contribution >= 0.6 is 31.9 Å². The molecule has 2 rings (SSSR count). The number of benzene rings is 2. The summed E-state index contributed by atoms with van der Waals surface area (Å²) in [6.07, 6.45) is 0. The Labute approximate surface area is 136 Å².